The second-order valence-corrected chi connectivity index (χ2v) is 5.73. The van der Waals surface area contributed by atoms with Crippen LogP contribution in [-0.4, -0.2) is 35.5 Å². The highest BCUT2D eigenvalue weighted by Gasteiger charge is 2.21. The summed E-state index contributed by atoms with van der Waals surface area (Å²) in [6.07, 6.45) is 2.16. The van der Waals surface area contributed by atoms with E-state index < -0.39 is 4.92 Å². The maximum absolute atomic E-state index is 10.7. The van der Waals surface area contributed by atoms with Crippen molar-refractivity contribution in [2.24, 2.45) is 0 Å². The molecule has 0 amide bonds. The highest BCUT2D eigenvalue weighted by Crippen LogP contribution is 2.35. The number of hydrogen-bond acceptors (Lipinski definition) is 4. The van der Waals surface area contributed by atoms with Gasteiger partial charge in [0, 0.05) is 24.7 Å². The zero-order chi connectivity index (χ0) is 14.7. The lowest BCUT2D eigenvalue weighted by Gasteiger charge is -2.33. The summed E-state index contributed by atoms with van der Waals surface area (Å²) in [6, 6.07) is 2.92. The van der Waals surface area contributed by atoms with E-state index in [1.165, 1.54) is 12.1 Å². The molecule has 1 saturated heterocycles. The first-order chi connectivity index (χ1) is 9.51. The van der Waals surface area contributed by atoms with Gasteiger partial charge in [0.25, 0.3) is 5.69 Å². The lowest BCUT2D eigenvalue weighted by atomic mass is 10.1. The lowest BCUT2D eigenvalue weighted by Crippen LogP contribution is -2.41. The molecule has 0 aliphatic carbocycles. The number of likely N-dealkylation sites (N-methyl/N-ethyl adjacent to an activating group) is 1. The molecule has 0 aromatic heterocycles. The van der Waals surface area contributed by atoms with Crippen LogP contribution in [0.15, 0.2) is 12.1 Å². The maximum Gasteiger partial charge on any atom is 0.272 e. The average molecular weight is 318 g/mol. The number of nitrogens with one attached hydrogen (secondary N) is 1. The third-order valence-electron chi connectivity index (χ3n) is 3.54. The third kappa shape index (κ3) is 3.53. The molecule has 0 spiro atoms. The molecule has 1 N–H and O–H groups in total. The molecular weight excluding hydrogens is 301 g/mol. The van der Waals surface area contributed by atoms with Crippen molar-refractivity contribution in [3.05, 3.63) is 32.3 Å². The molecule has 1 aromatic carbocycles. The number of nitro benzene ring substituents is 1. The number of likely N-dealkylation sites (tertiary alicyclic amines) is 1. The molecule has 0 saturated carbocycles. The molecule has 0 radical (unpaired) electrons. The molecule has 2 rings (SSSR count). The van der Waals surface area contributed by atoms with Crippen molar-refractivity contribution in [1.29, 1.82) is 0 Å². The van der Waals surface area contributed by atoms with Crippen LogP contribution in [0.4, 0.5) is 11.4 Å². The Labute approximate surface area is 128 Å². The summed E-state index contributed by atoms with van der Waals surface area (Å²) in [5, 5.41) is 14.6. The van der Waals surface area contributed by atoms with Gasteiger partial charge in [-0.05, 0) is 25.9 Å². The third-order valence-corrected chi connectivity index (χ3v) is 4.14. The number of benzene rings is 1. The van der Waals surface area contributed by atoms with Crippen LogP contribution in [0, 0.1) is 10.1 Å². The van der Waals surface area contributed by atoms with Gasteiger partial charge < -0.3 is 10.2 Å². The molecule has 1 aromatic rings. The fourth-order valence-corrected chi connectivity index (χ4v) is 3.05. The van der Waals surface area contributed by atoms with Gasteiger partial charge in [0.1, 0.15) is 0 Å². The predicted octanol–water partition coefficient (Wildman–Crippen LogP) is 3.80. The van der Waals surface area contributed by atoms with Crippen LogP contribution in [0.25, 0.3) is 0 Å². The summed E-state index contributed by atoms with van der Waals surface area (Å²) in [4.78, 5) is 12.6. The zero-order valence-electron chi connectivity index (χ0n) is 11.2. The quantitative estimate of drug-likeness (QED) is 0.678. The highest BCUT2D eigenvalue weighted by molar-refractivity contribution is 6.39. The van der Waals surface area contributed by atoms with Crippen LogP contribution in [0.5, 0.6) is 0 Å². The number of piperidine rings is 1. The minimum atomic E-state index is -0.499. The van der Waals surface area contributed by atoms with Gasteiger partial charge in [-0.15, -0.1) is 0 Å². The minimum Gasteiger partial charge on any atom is -0.379 e. The second-order valence-electron chi connectivity index (χ2n) is 4.92. The second kappa shape index (κ2) is 6.61. The van der Waals surface area contributed by atoms with Gasteiger partial charge in [0.05, 0.1) is 20.7 Å². The van der Waals surface area contributed by atoms with Gasteiger partial charge in [-0.2, -0.15) is 0 Å². The van der Waals surface area contributed by atoms with E-state index in [2.05, 4.69) is 17.1 Å². The van der Waals surface area contributed by atoms with Gasteiger partial charge in [0.2, 0.25) is 0 Å². The summed E-state index contributed by atoms with van der Waals surface area (Å²) in [7, 11) is 0. The first-order valence-corrected chi connectivity index (χ1v) is 7.39. The first kappa shape index (κ1) is 15.4. The van der Waals surface area contributed by atoms with E-state index in [1.54, 1.807) is 0 Å². The molecule has 1 fully saturated rings. The molecular formula is C13H17Cl2N3O2. The van der Waals surface area contributed by atoms with Crippen molar-refractivity contribution < 1.29 is 4.92 Å². The minimum absolute atomic E-state index is 0.0932. The highest BCUT2D eigenvalue weighted by atomic mass is 35.5. The van der Waals surface area contributed by atoms with E-state index in [0.29, 0.717) is 5.69 Å². The van der Waals surface area contributed by atoms with E-state index in [1.807, 2.05) is 0 Å². The van der Waals surface area contributed by atoms with Crippen molar-refractivity contribution >= 4 is 34.6 Å². The lowest BCUT2D eigenvalue weighted by molar-refractivity contribution is -0.384. The van der Waals surface area contributed by atoms with Gasteiger partial charge in [-0.1, -0.05) is 30.1 Å². The summed E-state index contributed by atoms with van der Waals surface area (Å²) in [5.74, 6) is 0. The van der Waals surface area contributed by atoms with Crippen molar-refractivity contribution in [1.82, 2.24) is 4.90 Å². The summed E-state index contributed by atoms with van der Waals surface area (Å²) >= 11 is 12.2. The Morgan fingerprint density at radius 3 is 2.65 bits per heavy atom. The molecule has 1 aliphatic rings. The summed E-state index contributed by atoms with van der Waals surface area (Å²) in [5.41, 5.74) is 0.492. The van der Waals surface area contributed by atoms with Crippen molar-refractivity contribution in [2.45, 2.75) is 25.8 Å². The van der Waals surface area contributed by atoms with Crippen LogP contribution in [0.3, 0.4) is 0 Å². The van der Waals surface area contributed by atoms with Crippen LogP contribution >= 0.6 is 23.2 Å². The van der Waals surface area contributed by atoms with Crippen LogP contribution in [0.1, 0.15) is 19.8 Å². The number of non-ortho nitro benzene ring substituents is 1. The number of halogens is 2. The molecule has 110 valence electrons. The summed E-state index contributed by atoms with van der Waals surface area (Å²) < 4.78 is 0. The normalized spacial score (nSPS) is 19.9. The summed E-state index contributed by atoms with van der Waals surface area (Å²) in [6.45, 7) is 5.19. The molecule has 0 bridgehead atoms. The average Bonchev–Trinajstić information content (AvgIpc) is 2.42. The molecule has 1 heterocycles. The van der Waals surface area contributed by atoms with Crippen LogP contribution in [-0.2, 0) is 0 Å². The smallest absolute Gasteiger partial charge is 0.272 e. The van der Waals surface area contributed by atoms with Gasteiger partial charge in [0.15, 0.2) is 0 Å². The van der Waals surface area contributed by atoms with E-state index in [4.69, 9.17) is 23.2 Å². The SMILES string of the molecule is CCN1CCCC(Nc2c(Cl)cc([N+](=O)[O-])cc2Cl)C1. The molecule has 1 aliphatic heterocycles. The standard InChI is InChI=1S/C13H17Cl2N3O2/c1-2-17-5-3-4-9(8-17)16-13-11(14)6-10(18(19)20)7-12(13)15/h6-7,9,16H,2-5,8H2,1H3. The fraction of sp³-hybridized carbons (Fsp3) is 0.538. The Morgan fingerprint density at radius 2 is 2.10 bits per heavy atom. The Morgan fingerprint density at radius 1 is 1.45 bits per heavy atom. The number of nitro groups is 1. The van der Waals surface area contributed by atoms with Crippen LogP contribution < -0.4 is 5.32 Å². The molecule has 7 heteroatoms. The van der Waals surface area contributed by atoms with E-state index in [-0.39, 0.29) is 21.8 Å². The molecule has 5 nitrogen and oxygen atoms in total. The monoisotopic (exact) mass is 317 g/mol. The number of anilines is 1. The van der Waals surface area contributed by atoms with Crippen molar-refractivity contribution in [3.63, 3.8) is 0 Å². The molecule has 1 atom stereocenters. The Balaban J connectivity index is 2.15. The van der Waals surface area contributed by atoms with E-state index >= 15 is 0 Å². The fourth-order valence-electron chi connectivity index (χ4n) is 2.47. The Hall–Kier alpha value is -1.04. The molecule has 20 heavy (non-hydrogen) atoms. The molecule has 1 unspecified atom stereocenters. The number of nitrogens with zero attached hydrogens (tertiary/aromatic N) is 2. The van der Waals surface area contributed by atoms with Gasteiger partial charge in [-0.25, -0.2) is 0 Å². The van der Waals surface area contributed by atoms with E-state index in [9.17, 15) is 10.1 Å². The van der Waals surface area contributed by atoms with Crippen molar-refractivity contribution in [3.8, 4) is 0 Å². The predicted molar refractivity (Wildman–Crippen MR) is 81.9 cm³/mol. The number of hydrogen-bond donors (Lipinski definition) is 1. The van der Waals surface area contributed by atoms with Gasteiger partial charge in [-0.3, -0.25) is 10.1 Å². The zero-order valence-corrected chi connectivity index (χ0v) is 12.7. The maximum atomic E-state index is 10.7. The van der Waals surface area contributed by atoms with Crippen LogP contribution in [0.2, 0.25) is 10.0 Å². The van der Waals surface area contributed by atoms with Gasteiger partial charge >= 0.3 is 0 Å². The number of rotatable bonds is 4. The topological polar surface area (TPSA) is 58.4 Å². The van der Waals surface area contributed by atoms with E-state index in [0.717, 1.165) is 32.5 Å². The Bertz CT molecular complexity index is 487. The van der Waals surface area contributed by atoms with Crippen molar-refractivity contribution in [2.75, 3.05) is 25.0 Å². The largest absolute Gasteiger partial charge is 0.379 e. The Kier molecular flexibility index (Phi) is 5.07. The first-order valence-electron chi connectivity index (χ1n) is 6.63.